The zero-order chi connectivity index (χ0) is 15.1. The van der Waals surface area contributed by atoms with Gasteiger partial charge in [-0.3, -0.25) is 4.79 Å². The van der Waals surface area contributed by atoms with Crippen molar-refractivity contribution in [2.45, 2.75) is 26.3 Å². The lowest BCUT2D eigenvalue weighted by Crippen LogP contribution is -2.21. The molecule has 0 aliphatic carbocycles. The summed E-state index contributed by atoms with van der Waals surface area (Å²) in [4.78, 5) is 15.1. The van der Waals surface area contributed by atoms with Crippen LogP contribution in [-0.2, 0) is 13.0 Å². The Morgan fingerprint density at radius 1 is 1.38 bits per heavy atom. The van der Waals surface area contributed by atoms with Crippen molar-refractivity contribution in [2.24, 2.45) is 0 Å². The van der Waals surface area contributed by atoms with Crippen LogP contribution in [0.25, 0.3) is 0 Å². The number of carbonyl (C=O) groups excluding carboxylic acids is 1. The van der Waals surface area contributed by atoms with Gasteiger partial charge in [0.25, 0.3) is 5.91 Å². The summed E-state index contributed by atoms with van der Waals surface area (Å²) < 4.78 is 0. The highest BCUT2D eigenvalue weighted by atomic mass is 32.1. The number of aryl methyl sites for hydroxylation is 1. The van der Waals surface area contributed by atoms with Crippen LogP contribution in [0.1, 0.15) is 38.3 Å². The van der Waals surface area contributed by atoms with E-state index in [4.69, 9.17) is 5.11 Å². The Morgan fingerprint density at radius 2 is 2.24 bits per heavy atom. The summed E-state index contributed by atoms with van der Waals surface area (Å²) in [6.45, 7) is 2.68. The summed E-state index contributed by atoms with van der Waals surface area (Å²) >= 11 is 3.12. The first-order chi connectivity index (χ1) is 10.2. The maximum absolute atomic E-state index is 12.0. The Morgan fingerprint density at radius 3 is 2.95 bits per heavy atom. The van der Waals surface area contributed by atoms with E-state index in [2.05, 4.69) is 24.1 Å². The minimum absolute atomic E-state index is 0.0268. The second-order valence-corrected chi connectivity index (χ2v) is 6.54. The van der Waals surface area contributed by atoms with Crippen LogP contribution in [0.3, 0.4) is 0 Å². The molecule has 2 aromatic heterocycles. The molecule has 2 N–H and O–H groups in total. The molecule has 0 aliphatic rings. The van der Waals surface area contributed by atoms with Gasteiger partial charge in [0.15, 0.2) is 0 Å². The Hall–Kier alpha value is -1.61. The third-order valence-electron chi connectivity index (χ3n) is 2.78. The zero-order valence-corrected chi connectivity index (χ0v) is 13.4. The highest BCUT2D eigenvalue weighted by Crippen LogP contribution is 2.18. The molecule has 3 nitrogen and oxygen atoms in total. The zero-order valence-electron chi connectivity index (χ0n) is 11.8. The van der Waals surface area contributed by atoms with Gasteiger partial charge in [0.1, 0.15) is 0 Å². The molecular weight excluding hydrogens is 302 g/mol. The molecule has 0 atom stereocenters. The fourth-order valence-corrected chi connectivity index (χ4v) is 3.32. The quantitative estimate of drug-likeness (QED) is 0.832. The van der Waals surface area contributed by atoms with Gasteiger partial charge in [0.05, 0.1) is 18.0 Å². The summed E-state index contributed by atoms with van der Waals surface area (Å²) in [5, 5.41) is 13.6. The molecule has 1 amide bonds. The van der Waals surface area contributed by atoms with E-state index in [0.717, 1.165) is 21.7 Å². The van der Waals surface area contributed by atoms with Crippen LogP contribution in [-0.4, -0.2) is 17.6 Å². The molecule has 2 rings (SSSR count). The fraction of sp³-hybridized carbons (Fsp3) is 0.312. The monoisotopic (exact) mass is 319 g/mol. The van der Waals surface area contributed by atoms with Crippen molar-refractivity contribution in [2.75, 3.05) is 6.61 Å². The lowest BCUT2D eigenvalue weighted by Gasteiger charge is -2.00. The lowest BCUT2D eigenvalue weighted by atomic mass is 10.3. The van der Waals surface area contributed by atoms with Gasteiger partial charge in [-0.05, 0) is 24.6 Å². The third-order valence-corrected chi connectivity index (χ3v) is 4.95. The van der Waals surface area contributed by atoms with Crippen LogP contribution in [0.5, 0.6) is 0 Å². The van der Waals surface area contributed by atoms with Gasteiger partial charge in [0.2, 0.25) is 0 Å². The molecule has 0 fully saturated rings. The number of aliphatic hydroxyl groups is 1. The van der Waals surface area contributed by atoms with Crippen molar-refractivity contribution in [1.82, 2.24) is 5.32 Å². The molecule has 2 heterocycles. The Kier molecular flexibility index (Phi) is 6.00. The standard InChI is InChI=1S/C16H17NO2S2/c1-2-13-6-7-15(21-13)16(19)17-10-14-9-12(11-20-14)5-3-4-8-18/h6-7,9,11,18H,2,4,8,10H2,1H3,(H,17,19). The molecule has 0 saturated heterocycles. The summed E-state index contributed by atoms with van der Waals surface area (Å²) in [6.07, 6.45) is 1.44. The summed E-state index contributed by atoms with van der Waals surface area (Å²) in [6, 6.07) is 5.85. The third kappa shape index (κ3) is 4.71. The van der Waals surface area contributed by atoms with Crippen molar-refractivity contribution in [3.8, 4) is 11.8 Å². The molecule has 0 spiro atoms. The number of hydrogen-bond acceptors (Lipinski definition) is 4. The molecule has 0 unspecified atom stereocenters. The predicted octanol–water partition coefficient (Wildman–Crippen LogP) is 3.04. The summed E-state index contributed by atoms with van der Waals surface area (Å²) in [5.74, 6) is 5.84. The van der Waals surface area contributed by atoms with E-state index in [1.54, 1.807) is 22.7 Å². The minimum atomic E-state index is -0.0268. The van der Waals surface area contributed by atoms with E-state index in [0.29, 0.717) is 13.0 Å². The number of thiophene rings is 2. The van der Waals surface area contributed by atoms with Gasteiger partial charge in [-0.2, -0.15) is 0 Å². The number of hydrogen-bond donors (Lipinski definition) is 2. The molecule has 0 radical (unpaired) electrons. The molecule has 0 saturated carbocycles. The maximum Gasteiger partial charge on any atom is 0.261 e. The van der Waals surface area contributed by atoms with E-state index in [-0.39, 0.29) is 12.5 Å². The minimum Gasteiger partial charge on any atom is -0.395 e. The van der Waals surface area contributed by atoms with Crippen LogP contribution in [0.2, 0.25) is 0 Å². The maximum atomic E-state index is 12.0. The molecule has 5 heteroatoms. The van der Waals surface area contributed by atoms with Gasteiger partial charge >= 0.3 is 0 Å². The molecule has 0 aromatic carbocycles. The van der Waals surface area contributed by atoms with E-state index in [1.165, 1.54) is 4.88 Å². The van der Waals surface area contributed by atoms with Crippen molar-refractivity contribution in [1.29, 1.82) is 0 Å². The Labute approximate surface area is 132 Å². The fourth-order valence-electron chi connectivity index (χ4n) is 1.70. The number of rotatable bonds is 5. The number of nitrogens with one attached hydrogen (secondary N) is 1. The van der Waals surface area contributed by atoms with Crippen molar-refractivity contribution in [3.05, 3.63) is 43.8 Å². The largest absolute Gasteiger partial charge is 0.395 e. The topological polar surface area (TPSA) is 49.3 Å². The average Bonchev–Trinajstić information content (AvgIpc) is 3.14. The lowest BCUT2D eigenvalue weighted by molar-refractivity contribution is 0.0955. The Balaban J connectivity index is 1.88. The first-order valence-electron chi connectivity index (χ1n) is 6.77. The van der Waals surface area contributed by atoms with E-state index in [1.807, 2.05) is 23.6 Å². The van der Waals surface area contributed by atoms with Crippen LogP contribution in [0.4, 0.5) is 0 Å². The second kappa shape index (κ2) is 7.99. The smallest absolute Gasteiger partial charge is 0.261 e. The highest BCUT2D eigenvalue weighted by Gasteiger charge is 2.08. The normalized spacial score (nSPS) is 10.0. The number of aliphatic hydroxyl groups excluding tert-OH is 1. The number of carbonyl (C=O) groups is 1. The molecule has 0 aliphatic heterocycles. The van der Waals surface area contributed by atoms with E-state index in [9.17, 15) is 4.79 Å². The van der Waals surface area contributed by atoms with Crippen molar-refractivity contribution >= 4 is 28.6 Å². The van der Waals surface area contributed by atoms with Crippen LogP contribution < -0.4 is 5.32 Å². The van der Waals surface area contributed by atoms with Crippen molar-refractivity contribution < 1.29 is 9.90 Å². The molecule has 2 aromatic rings. The Bertz CT molecular complexity index is 661. The number of amides is 1. The van der Waals surface area contributed by atoms with E-state index >= 15 is 0 Å². The van der Waals surface area contributed by atoms with Crippen LogP contribution >= 0.6 is 22.7 Å². The van der Waals surface area contributed by atoms with Gasteiger partial charge < -0.3 is 10.4 Å². The first kappa shape index (κ1) is 15.8. The van der Waals surface area contributed by atoms with Crippen LogP contribution in [0.15, 0.2) is 23.6 Å². The van der Waals surface area contributed by atoms with Gasteiger partial charge in [-0.1, -0.05) is 18.8 Å². The molecular formula is C16H17NO2S2. The second-order valence-electron chi connectivity index (χ2n) is 4.38. The molecule has 21 heavy (non-hydrogen) atoms. The highest BCUT2D eigenvalue weighted by molar-refractivity contribution is 7.14. The SMILES string of the molecule is CCc1ccc(C(=O)NCc2cc(C#CCCO)cs2)s1. The summed E-state index contributed by atoms with van der Waals surface area (Å²) in [5.41, 5.74) is 0.932. The average molecular weight is 319 g/mol. The van der Waals surface area contributed by atoms with E-state index < -0.39 is 0 Å². The van der Waals surface area contributed by atoms with Gasteiger partial charge in [0, 0.05) is 27.1 Å². The van der Waals surface area contributed by atoms with Gasteiger partial charge in [-0.15, -0.1) is 22.7 Å². The molecule has 0 bridgehead atoms. The predicted molar refractivity (Wildman–Crippen MR) is 87.8 cm³/mol. The van der Waals surface area contributed by atoms with Crippen LogP contribution in [0, 0.1) is 11.8 Å². The summed E-state index contributed by atoms with van der Waals surface area (Å²) in [7, 11) is 0. The van der Waals surface area contributed by atoms with Gasteiger partial charge in [-0.25, -0.2) is 0 Å². The molecule has 110 valence electrons. The first-order valence-corrected chi connectivity index (χ1v) is 8.46. The van der Waals surface area contributed by atoms with Crippen molar-refractivity contribution in [3.63, 3.8) is 0 Å².